The molecule has 0 radical (unpaired) electrons. The summed E-state index contributed by atoms with van der Waals surface area (Å²) in [6.07, 6.45) is 0.867. The Morgan fingerprint density at radius 2 is 1.81 bits per heavy atom. The molecule has 0 saturated carbocycles. The van der Waals surface area contributed by atoms with Gasteiger partial charge >= 0.3 is 0 Å². The minimum atomic E-state index is -0.461. The predicted octanol–water partition coefficient (Wildman–Crippen LogP) is 4.11. The summed E-state index contributed by atoms with van der Waals surface area (Å²) in [4.78, 5) is 24.4. The normalized spacial score (nSPS) is 10.3. The lowest BCUT2D eigenvalue weighted by Gasteiger charge is -2.13. The average molecular weight is 516 g/mol. The van der Waals surface area contributed by atoms with Crippen LogP contribution in [0.1, 0.15) is 23.7 Å². The van der Waals surface area contributed by atoms with Crippen molar-refractivity contribution in [1.82, 2.24) is 16.2 Å². The standard InChI is InChI=1S/C23H22BrN3O4S/c1-2-12-30-17-8-5-7-16(13-17)22(29)25-23(32)27-26-20(28)14-31-19-11-10-15-6-3-4-9-18(15)21(19)24/h3-11,13H,2,12,14H2,1H3,(H,26,28)(H2,25,27,29,32). The van der Waals surface area contributed by atoms with Gasteiger partial charge in [0.05, 0.1) is 11.1 Å². The van der Waals surface area contributed by atoms with Gasteiger partial charge in [0.15, 0.2) is 11.7 Å². The number of hydrogen-bond acceptors (Lipinski definition) is 5. The number of carbonyl (C=O) groups is 2. The number of carbonyl (C=O) groups excluding carboxylic acids is 2. The second-order valence-electron chi connectivity index (χ2n) is 6.72. The highest BCUT2D eigenvalue weighted by Crippen LogP contribution is 2.32. The third-order valence-electron chi connectivity index (χ3n) is 4.30. The molecular formula is C23H22BrN3O4S. The number of nitrogens with one attached hydrogen (secondary N) is 3. The lowest BCUT2D eigenvalue weighted by atomic mass is 10.1. The lowest BCUT2D eigenvalue weighted by molar-refractivity contribution is -0.123. The van der Waals surface area contributed by atoms with Crippen LogP contribution in [0.15, 0.2) is 65.1 Å². The summed E-state index contributed by atoms with van der Waals surface area (Å²) in [6, 6.07) is 18.3. The molecule has 3 N–H and O–H groups in total. The Kier molecular flexibility index (Phi) is 8.41. The van der Waals surface area contributed by atoms with E-state index in [9.17, 15) is 9.59 Å². The maximum absolute atomic E-state index is 12.3. The summed E-state index contributed by atoms with van der Waals surface area (Å²) in [7, 11) is 0. The number of fused-ring (bicyclic) bond motifs is 1. The number of benzene rings is 3. The van der Waals surface area contributed by atoms with Crippen LogP contribution in [-0.4, -0.2) is 30.1 Å². The van der Waals surface area contributed by atoms with Crippen LogP contribution < -0.4 is 25.6 Å². The zero-order valence-corrected chi connectivity index (χ0v) is 19.7. The molecule has 3 aromatic carbocycles. The zero-order chi connectivity index (χ0) is 22.9. The Labute approximate surface area is 199 Å². The minimum absolute atomic E-state index is 0.0462. The maximum Gasteiger partial charge on any atom is 0.276 e. The molecule has 3 aromatic rings. The Morgan fingerprint density at radius 1 is 1.00 bits per heavy atom. The first-order valence-corrected chi connectivity index (χ1v) is 11.1. The van der Waals surface area contributed by atoms with E-state index in [2.05, 4.69) is 32.1 Å². The molecule has 0 aliphatic heterocycles. The number of hydrogen-bond donors (Lipinski definition) is 3. The van der Waals surface area contributed by atoms with E-state index in [4.69, 9.17) is 21.7 Å². The zero-order valence-electron chi connectivity index (χ0n) is 17.3. The number of hydrazine groups is 1. The molecule has 0 unspecified atom stereocenters. The molecule has 0 spiro atoms. The molecule has 0 fully saturated rings. The Morgan fingerprint density at radius 3 is 2.62 bits per heavy atom. The number of thiocarbonyl (C=S) groups is 1. The van der Waals surface area contributed by atoms with Crippen LogP contribution in [0.5, 0.6) is 11.5 Å². The lowest BCUT2D eigenvalue weighted by Crippen LogP contribution is -2.49. The van der Waals surface area contributed by atoms with Crippen LogP contribution in [0.25, 0.3) is 10.8 Å². The van der Waals surface area contributed by atoms with E-state index in [-0.39, 0.29) is 11.7 Å². The molecule has 32 heavy (non-hydrogen) atoms. The fraction of sp³-hybridized carbons (Fsp3) is 0.174. The van der Waals surface area contributed by atoms with Crippen molar-refractivity contribution in [2.75, 3.05) is 13.2 Å². The van der Waals surface area contributed by atoms with Crippen molar-refractivity contribution in [2.24, 2.45) is 0 Å². The number of halogens is 1. The molecule has 166 valence electrons. The van der Waals surface area contributed by atoms with Gasteiger partial charge in [0.2, 0.25) is 0 Å². The summed E-state index contributed by atoms with van der Waals surface area (Å²) >= 11 is 8.58. The van der Waals surface area contributed by atoms with Crippen molar-refractivity contribution in [1.29, 1.82) is 0 Å². The monoisotopic (exact) mass is 515 g/mol. The SMILES string of the molecule is CCCOc1cccc(C(=O)NC(=S)NNC(=O)COc2ccc3ccccc3c2Br)c1. The van der Waals surface area contributed by atoms with Crippen molar-refractivity contribution < 1.29 is 19.1 Å². The first kappa shape index (κ1) is 23.5. The van der Waals surface area contributed by atoms with Crippen molar-refractivity contribution in [3.8, 4) is 11.5 Å². The second kappa shape index (κ2) is 11.4. The summed E-state index contributed by atoms with van der Waals surface area (Å²) in [6.45, 7) is 2.33. The smallest absolute Gasteiger partial charge is 0.276 e. The highest BCUT2D eigenvalue weighted by atomic mass is 79.9. The third kappa shape index (κ3) is 6.41. The summed E-state index contributed by atoms with van der Waals surface area (Å²) < 4.78 is 11.9. The molecule has 0 aliphatic rings. The highest BCUT2D eigenvalue weighted by molar-refractivity contribution is 9.10. The Bertz CT molecular complexity index is 1140. The molecule has 3 rings (SSSR count). The minimum Gasteiger partial charge on any atom is -0.494 e. The van der Waals surface area contributed by atoms with E-state index < -0.39 is 11.8 Å². The molecule has 0 saturated heterocycles. The van der Waals surface area contributed by atoms with Crippen molar-refractivity contribution >= 4 is 55.8 Å². The van der Waals surface area contributed by atoms with Crippen LogP contribution in [0.2, 0.25) is 0 Å². The number of rotatable bonds is 7. The average Bonchev–Trinajstić information content (AvgIpc) is 2.81. The van der Waals surface area contributed by atoms with E-state index in [1.807, 2.05) is 37.3 Å². The van der Waals surface area contributed by atoms with Gasteiger partial charge in [0.1, 0.15) is 11.5 Å². The Balaban J connectivity index is 1.46. The van der Waals surface area contributed by atoms with Gasteiger partial charge < -0.3 is 9.47 Å². The summed E-state index contributed by atoms with van der Waals surface area (Å²) in [5.41, 5.74) is 5.27. The molecule has 0 bridgehead atoms. The van der Waals surface area contributed by atoms with Gasteiger partial charge in [-0.15, -0.1) is 0 Å². The molecule has 0 heterocycles. The molecule has 0 aliphatic carbocycles. The van der Waals surface area contributed by atoms with Gasteiger partial charge in [0, 0.05) is 5.56 Å². The van der Waals surface area contributed by atoms with E-state index in [0.29, 0.717) is 23.7 Å². The first-order valence-electron chi connectivity index (χ1n) is 9.91. The molecule has 0 aromatic heterocycles. The van der Waals surface area contributed by atoms with Gasteiger partial charge in [-0.1, -0.05) is 43.3 Å². The first-order chi connectivity index (χ1) is 15.5. The molecule has 7 nitrogen and oxygen atoms in total. The quantitative estimate of drug-likeness (QED) is 0.324. The maximum atomic E-state index is 12.3. The van der Waals surface area contributed by atoms with E-state index in [0.717, 1.165) is 21.7 Å². The number of amides is 2. The fourth-order valence-electron chi connectivity index (χ4n) is 2.78. The van der Waals surface area contributed by atoms with Crippen LogP contribution in [0, 0.1) is 0 Å². The number of ether oxygens (including phenoxy) is 2. The van der Waals surface area contributed by atoms with Crippen molar-refractivity contribution in [3.63, 3.8) is 0 Å². The van der Waals surface area contributed by atoms with E-state index >= 15 is 0 Å². The van der Waals surface area contributed by atoms with Gasteiger partial charge in [-0.25, -0.2) is 0 Å². The van der Waals surface area contributed by atoms with Crippen molar-refractivity contribution in [2.45, 2.75) is 13.3 Å². The van der Waals surface area contributed by atoms with Crippen molar-refractivity contribution in [3.05, 3.63) is 70.7 Å². The van der Waals surface area contributed by atoms with E-state index in [1.54, 1.807) is 30.3 Å². The summed E-state index contributed by atoms with van der Waals surface area (Å²) in [5.74, 6) is 0.259. The highest BCUT2D eigenvalue weighted by Gasteiger charge is 2.11. The van der Waals surface area contributed by atoms with Crippen LogP contribution in [-0.2, 0) is 4.79 Å². The van der Waals surface area contributed by atoms with Gasteiger partial charge in [0.25, 0.3) is 11.8 Å². The van der Waals surface area contributed by atoms with E-state index in [1.165, 1.54) is 0 Å². The van der Waals surface area contributed by atoms with Gasteiger partial charge in [-0.2, -0.15) is 0 Å². The van der Waals surface area contributed by atoms with Gasteiger partial charge in [-0.3, -0.25) is 25.8 Å². The fourth-order valence-corrected chi connectivity index (χ4v) is 3.54. The topological polar surface area (TPSA) is 88.7 Å². The predicted molar refractivity (Wildman–Crippen MR) is 131 cm³/mol. The van der Waals surface area contributed by atoms with Crippen LogP contribution in [0.3, 0.4) is 0 Å². The second-order valence-corrected chi connectivity index (χ2v) is 7.92. The molecular weight excluding hydrogens is 494 g/mol. The Hall–Kier alpha value is -3.17. The van der Waals surface area contributed by atoms with Crippen LogP contribution in [0.4, 0.5) is 0 Å². The third-order valence-corrected chi connectivity index (χ3v) is 5.32. The molecule has 0 atom stereocenters. The molecule has 2 amide bonds. The van der Waals surface area contributed by atoms with Gasteiger partial charge in [-0.05, 0) is 69.6 Å². The molecule has 9 heteroatoms. The largest absolute Gasteiger partial charge is 0.494 e. The summed E-state index contributed by atoms with van der Waals surface area (Å²) in [5, 5.41) is 4.49. The van der Waals surface area contributed by atoms with Crippen LogP contribution >= 0.6 is 28.1 Å².